The summed E-state index contributed by atoms with van der Waals surface area (Å²) in [5, 5.41) is 11.0. The average Bonchev–Trinajstić information content (AvgIpc) is 2.87. The maximum atomic E-state index is 12.1. The molecular weight excluding hydrogens is 313 g/mol. The highest BCUT2D eigenvalue weighted by molar-refractivity contribution is 6.45. The van der Waals surface area contributed by atoms with Crippen LogP contribution in [0, 0.1) is 0 Å². The van der Waals surface area contributed by atoms with Crippen molar-refractivity contribution in [3.8, 4) is 0 Å². The Morgan fingerprint density at radius 1 is 1.48 bits per heavy atom. The first-order valence-corrected chi connectivity index (χ1v) is 7.41. The number of benzene rings is 1. The van der Waals surface area contributed by atoms with E-state index in [1.54, 1.807) is 11.0 Å². The molecule has 112 valence electrons. The quantitative estimate of drug-likeness (QED) is 0.784. The van der Waals surface area contributed by atoms with Crippen LogP contribution in [0.3, 0.4) is 0 Å². The van der Waals surface area contributed by atoms with Crippen LogP contribution in [0.2, 0.25) is 10.0 Å². The number of aliphatic hydroxyl groups is 1. The van der Waals surface area contributed by atoms with Crippen LogP contribution in [0.15, 0.2) is 12.1 Å². The summed E-state index contributed by atoms with van der Waals surface area (Å²) in [7, 11) is 0. The first kappa shape index (κ1) is 14.7. The van der Waals surface area contributed by atoms with Crippen LogP contribution in [-0.2, 0) is 17.8 Å². The second-order valence-corrected chi connectivity index (χ2v) is 5.95. The third-order valence-electron chi connectivity index (χ3n) is 3.87. The lowest BCUT2D eigenvalue weighted by Gasteiger charge is -2.29. The van der Waals surface area contributed by atoms with Crippen LogP contribution in [0.5, 0.6) is 0 Å². The van der Waals surface area contributed by atoms with Crippen LogP contribution in [-0.4, -0.2) is 40.1 Å². The number of nitrogens with one attached hydrogen (secondary N) is 1. The van der Waals surface area contributed by atoms with Gasteiger partial charge in [-0.2, -0.15) is 0 Å². The third-order valence-corrected chi connectivity index (χ3v) is 4.67. The lowest BCUT2D eigenvalue weighted by molar-refractivity contribution is -0.134. The predicted molar refractivity (Wildman–Crippen MR) is 82.5 cm³/mol. The van der Waals surface area contributed by atoms with Gasteiger partial charge in [0, 0.05) is 36.2 Å². The number of rotatable bonds is 2. The van der Waals surface area contributed by atoms with Crippen LogP contribution < -0.4 is 5.73 Å². The zero-order valence-corrected chi connectivity index (χ0v) is 12.7. The number of hydrogen-bond acceptors (Lipinski definition) is 3. The number of carbonyl (C=O) groups is 1. The minimum atomic E-state index is -0.866. The molecule has 0 bridgehead atoms. The topological polar surface area (TPSA) is 82.3 Å². The Balaban J connectivity index is 1.99. The molecule has 0 spiro atoms. The molecule has 1 atom stereocenters. The van der Waals surface area contributed by atoms with Crippen molar-refractivity contribution in [3.63, 3.8) is 0 Å². The van der Waals surface area contributed by atoms with E-state index in [-0.39, 0.29) is 12.5 Å². The van der Waals surface area contributed by atoms with E-state index >= 15 is 0 Å². The van der Waals surface area contributed by atoms with E-state index < -0.39 is 6.04 Å². The van der Waals surface area contributed by atoms with Gasteiger partial charge in [0.25, 0.3) is 0 Å². The van der Waals surface area contributed by atoms with E-state index in [2.05, 4.69) is 4.98 Å². The van der Waals surface area contributed by atoms with Crippen molar-refractivity contribution in [3.05, 3.63) is 33.4 Å². The summed E-state index contributed by atoms with van der Waals surface area (Å²) in [6, 6.07) is 2.79. The number of aromatic amines is 1. The Bertz CT molecular complexity index is 714. The Hall–Kier alpha value is -1.27. The number of carbonyl (C=O) groups excluding carboxylic acids is 1. The molecule has 1 aliphatic rings. The summed E-state index contributed by atoms with van der Waals surface area (Å²) in [6.07, 6.45) is 0.696. The summed E-state index contributed by atoms with van der Waals surface area (Å²) >= 11 is 12.3. The molecule has 1 unspecified atom stereocenters. The maximum absolute atomic E-state index is 12.1. The van der Waals surface area contributed by atoms with Gasteiger partial charge in [-0.05, 0) is 6.07 Å². The monoisotopic (exact) mass is 327 g/mol. The third kappa shape index (κ3) is 2.40. The number of amides is 1. The summed E-state index contributed by atoms with van der Waals surface area (Å²) in [5.41, 5.74) is 8.51. The number of aromatic nitrogens is 1. The van der Waals surface area contributed by atoms with Gasteiger partial charge >= 0.3 is 0 Å². The first-order chi connectivity index (χ1) is 10.0. The number of halogens is 2. The second-order valence-electron chi connectivity index (χ2n) is 5.16. The van der Waals surface area contributed by atoms with E-state index in [1.165, 1.54) is 0 Å². The number of aliphatic hydroxyl groups excluding tert-OH is 1. The van der Waals surface area contributed by atoms with Gasteiger partial charge in [0.05, 0.1) is 22.2 Å². The van der Waals surface area contributed by atoms with E-state index in [9.17, 15) is 4.79 Å². The summed E-state index contributed by atoms with van der Waals surface area (Å²) in [6.45, 7) is 0.676. The molecule has 5 nitrogen and oxygen atoms in total. The fourth-order valence-electron chi connectivity index (χ4n) is 2.72. The Kier molecular flexibility index (Phi) is 3.84. The molecule has 2 aromatic rings. The van der Waals surface area contributed by atoms with Gasteiger partial charge in [0.2, 0.25) is 5.91 Å². The fourth-order valence-corrected chi connectivity index (χ4v) is 3.09. The van der Waals surface area contributed by atoms with Gasteiger partial charge in [-0.1, -0.05) is 29.3 Å². The normalized spacial score (nSPS) is 16.1. The number of fused-ring (bicyclic) bond motifs is 3. The maximum Gasteiger partial charge on any atom is 0.242 e. The van der Waals surface area contributed by atoms with Crippen molar-refractivity contribution in [1.29, 1.82) is 0 Å². The molecule has 21 heavy (non-hydrogen) atoms. The van der Waals surface area contributed by atoms with Gasteiger partial charge in [0.15, 0.2) is 0 Å². The highest BCUT2D eigenvalue weighted by atomic mass is 35.5. The van der Waals surface area contributed by atoms with Crippen molar-refractivity contribution in [2.24, 2.45) is 5.73 Å². The molecule has 0 saturated heterocycles. The molecule has 0 radical (unpaired) electrons. The van der Waals surface area contributed by atoms with Crippen LogP contribution in [0.4, 0.5) is 0 Å². The van der Waals surface area contributed by atoms with E-state index in [1.807, 2.05) is 6.07 Å². The van der Waals surface area contributed by atoms with Gasteiger partial charge < -0.3 is 20.7 Å². The first-order valence-electron chi connectivity index (χ1n) is 6.65. The fraction of sp³-hybridized carbons (Fsp3) is 0.357. The van der Waals surface area contributed by atoms with Crippen molar-refractivity contribution >= 4 is 40.0 Å². The standard InChI is InChI=1S/C14H15Cl2N3O2/c15-9-2-1-7-8-5-19(14(21)10(17)6-20)4-3-11(8)18-13(7)12(9)16/h1-2,10,18,20H,3-6,17H2. The molecular formula is C14H15Cl2N3O2. The van der Waals surface area contributed by atoms with Gasteiger partial charge in [-0.3, -0.25) is 4.79 Å². The molecule has 1 aromatic heterocycles. The lowest BCUT2D eigenvalue weighted by Crippen LogP contribution is -2.47. The van der Waals surface area contributed by atoms with E-state index in [0.717, 1.165) is 22.2 Å². The van der Waals surface area contributed by atoms with Crippen LogP contribution in [0.1, 0.15) is 11.3 Å². The van der Waals surface area contributed by atoms with Gasteiger partial charge in [-0.25, -0.2) is 0 Å². The number of hydrogen-bond donors (Lipinski definition) is 3. The van der Waals surface area contributed by atoms with Crippen molar-refractivity contribution in [1.82, 2.24) is 9.88 Å². The van der Waals surface area contributed by atoms with E-state index in [0.29, 0.717) is 29.6 Å². The van der Waals surface area contributed by atoms with Crippen molar-refractivity contribution in [2.45, 2.75) is 19.0 Å². The molecule has 4 N–H and O–H groups in total. The average molecular weight is 328 g/mol. The highest BCUT2D eigenvalue weighted by Gasteiger charge is 2.27. The minimum absolute atomic E-state index is 0.238. The van der Waals surface area contributed by atoms with Crippen LogP contribution >= 0.6 is 23.2 Å². The van der Waals surface area contributed by atoms with E-state index in [4.69, 9.17) is 34.0 Å². The molecule has 0 saturated carbocycles. The smallest absolute Gasteiger partial charge is 0.242 e. The molecule has 0 fully saturated rings. The Labute approximate surface area is 131 Å². The zero-order chi connectivity index (χ0) is 15.1. The molecule has 0 aliphatic carbocycles. The summed E-state index contributed by atoms with van der Waals surface area (Å²) in [5.74, 6) is -0.238. The van der Waals surface area contributed by atoms with Crippen LogP contribution in [0.25, 0.3) is 10.9 Å². The number of H-pyrrole nitrogens is 1. The SMILES string of the molecule is NC(CO)C(=O)N1CCc2[nH]c3c(Cl)c(Cl)ccc3c2C1. The summed E-state index contributed by atoms with van der Waals surface area (Å²) < 4.78 is 0. The molecule has 1 aromatic carbocycles. The Morgan fingerprint density at radius 2 is 2.24 bits per heavy atom. The van der Waals surface area contributed by atoms with Gasteiger partial charge in [-0.15, -0.1) is 0 Å². The summed E-state index contributed by atoms with van der Waals surface area (Å²) in [4.78, 5) is 17.1. The second kappa shape index (κ2) is 5.50. The largest absolute Gasteiger partial charge is 0.394 e. The lowest BCUT2D eigenvalue weighted by atomic mass is 10.0. The molecule has 1 aliphatic heterocycles. The Morgan fingerprint density at radius 3 is 2.95 bits per heavy atom. The molecule has 7 heteroatoms. The molecule has 1 amide bonds. The minimum Gasteiger partial charge on any atom is -0.394 e. The van der Waals surface area contributed by atoms with Crippen molar-refractivity contribution < 1.29 is 9.90 Å². The predicted octanol–water partition coefficient (Wildman–Crippen LogP) is 1.68. The molecule has 2 heterocycles. The van der Waals surface area contributed by atoms with Crippen molar-refractivity contribution in [2.75, 3.05) is 13.2 Å². The molecule has 3 rings (SSSR count). The zero-order valence-electron chi connectivity index (χ0n) is 11.2. The number of nitrogens with two attached hydrogens (primary N) is 1. The van der Waals surface area contributed by atoms with Gasteiger partial charge in [0.1, 0.15) is 6.04 Å². The highest BCUT2D eigenvalue weighted by Crippen LogP contribution is 2.35. The number of nitrogens with zero attached hydrogens (tertiary/aromatic N) is 1.